The molecule has 3 heteroatoms. The van der Waals surface area contributed by atoms with Crippen molar-refractivity contribution in [2.75, 3.05) is 13.1 Å². The summed E-state index contributed by atoms with van der Waals surface area (Å²) in [5.41, 5.74) is -1.18. The second kappa shape index (κ2) is 7.33. The maximum Gasteiger partial charge on any atom is 0.254 e. The minimum Gasteiger partial charge on any atom is -0.380 e. The van der Waals surface area contributed by atoms with E-state index in [-0.39, 0.29) is 5.91 Å². The molecule has 1 amide bonds. The zero-order chi connectivity index (χ0) is 16.3. The predicted octanol–water partition coefficient (Wildman–Crippen LogP) is 3.85. The molecule has 0 spiro atoms. The predicted molar refractivity (Wildman–Crippen MR) is 90.5 cm³/mol. The van der Waals surface area contributed by atoms with Crippen molar-refractivity contribution in [3.05, 3.63) is 0 Å². The molecule has 2 fully saturated rings. The zero-order valence-electron chi connectivity index (χ0n) is 15.0. The molecule has 0 aromatic heterocycles. The fourth-order valence-corrected chi connectivity index (χ4v) is 4.37. The van der Waals surface area contributed by atoms with E-state index in [0.717, 1.165) is 44.2 Å². The number of amides is 1. The quantitative estimate of drug-likeness (QED) is 0.857. The summed E-state index contributed by atoms with van der Waals surface area (Å²) in [6, 6.07) is 0. The van der Waals surface area contributed by atoms with E-state index in [1.807, 2.05) is 4.90 Å². The van der Waals surface area contributed by atoms with E-state index in [9.17, 15) is 9.90 Å². The average molecular weight is 309 g/mol. The molecule has 0 aromatic rings. The van der Waals surface area contributed by atoms with Gasteiger partial charge in [-0.3, -0.25) is 4.79 Å². The van der Waals surface area contributed by atoms with Crippen LogP contribution in [0.4, 0.5) is 0 Å². The molecule has 1 heterocycles. The van der Waals surface area contributed by atoms with Crippen molar-refractivity contribution < 1.29 is 9.90 Å². The van der Waals surface area contributed by atoms with Gasteiger partial charge in [0.05, 0.1) is 0 Å². The molecule has 1 aliphatic carbocycles. The van der Waals surface area contributed by atoms with Crippen molar-refractivity contribution in [2.24, 2.45) is 23.7 Å². The van der Waals surface area contributed by atoms with E-state index < -0.39 is 5.60 Å². The van der Waals surface area contributed by atoms with Crippen LogP contribution in [0.25, 0.3) is 0 Å². The molecular weight excluding hydrogens is 274 g/mol. The molecule has 5 unspecified atom stereocenters. The molecule has 3 nitrogen and oxygen atoms in total. The Balaban J connectivity index is 1.87. The molecule has 2 rings (SSSR count). The van der Waals surface area contributed by atoms with Gasteiger partial charge in [0.25, 0.3) is 5.91 Å². The number of carbonyl (C=O) groups excluding carboxylic acids is 1. The monoisotopic (exact) mass is 309 g/mol. The molecular formula is C19H35NO2. The van der Waals surface area contributed by atoms with Gasteiger partial charge in [0, 0.05) is 13.1 Å². The molecule has 1 N–H and O–H groups in total. The smallest absolute Gasteiger partial charge is 0.254 e. The van der Waals surface area contributed by atoms with Gasteiger partial charge in [-0.2, -0.15) is 0 Å². The van der Waals surface area contributed by atoms with Crippen LogP contribution in [0.2, 0.25) is 0 Å². The summed E-state index contributed by atoms with van der Waals surface area (Å²) in [5.74, 6) is 2.90. The highest BCUT2D eigenvalue weighted by molar-refractivity contribution is 5.84. The lowest BCUT2D eigenvalue weighted by Gasteiger charge is -2.39. The standard InChI is InChI=1S/C19H35NO2/c1-14-12-16(3)17(13-15(14)2)8-9-19(4,22)18(21)20-10-6-5-7-11-20/h14-17,22H,5-13H2,1-4H3. The van der Waals surface area contributed by atoms with Crippen molar-refractivity contribution in [1.82, 2.24) is 4.90 Å². The number of carbonyl (C=O) groups is 1. The van der Waals surface area contributed by atoms with Crippen molar-refractivity contribution in [2.45, 2.75) is 78.2 Å². The van der Waals surface area contributed by atoms with Gasteiger partial charge >= 0.3 is 0 Å². The van der Waals surface area contributed by atoms with E-state index in [0.29, 0.717) is 18.3 Å². The van der Waals surface area contributed by atoms with Crippen LogP contribution in [0.3, 0.4) is 0 Å². The third kappa shape index (κ3) is 4.24. The Morgan fingerprint density at radius 3 is 2.27 bits per heavy atom. The van der Waals surface area contributed by atoms with Gasteiger partial charge < -0.3 is 10.0 Å². The number of aliphatic hydroxyl groups is 1. The number of rotatable bonds is 4. The van der Waals surface area contributed by atoms with E-state index >= 15 is 0 Å². The van der Waals surface area contributed by atoms with Gasteiger partial charge in [0.2, 0.25) is 0 Å². The van der Waals surface area contributed by atoms with Gasteiger partial charge in [-0.15, -0.1) is 0 Å². The lowest BCUT2D eigenvalue weighted by molar-refractivity contribution is -0.151. The summed E-state index contributed by atoms with van der Waals surface area (Å²) in [6.07, 6.45) is 7.49. The van der Waals surface area contributed by atoms with E-state index in [1.54, 1.807) is 6.92 Å². The first-order valence-electron chi connectivity index (χ1n) is 9.33. The Kier molecular flexibility index (Phi) is 5.93. The van der Waals surface area contributed by atoms with Crippen LogP contribution in [-0.4, -0.2) is 34.6 Å². The third-order valence-electron chi connectivity index (χ3n) is 6.30. The summed E-state index contributed by atoms with van der Waals surface area (Å²) in [6.45, 7) is 10.4. The van der Waals surface area contributed by atoms with Gasteiger partial charge in [0.1, 0.15) is 5.60 Å². The largest absolute Gasteiger partial charge is 0.380 e. The molecule has 1 saturated carbocycles. The first kappa shape index (κ1) is 17.8. The Morgan fingerprint density at radius 1 is 1.05 bits per heavy atom. The van der Waals surface area contributed by atoms with Gasteiger partial charge in [-0.1, -0.05) is 20.8 Å². The molecule has 0 radical (unpaired) electrons. The molecule has 1 saturated heterocycles. The number of piperidine rings is 1. The number of hydrogen-bond donors (Lipinski definition) is 1. The highest BCUT2D eigenvalue weighted by Gasteiger charge is 2.37. The summed E-state index contributed by atoms with van der Waals surface area (Å²) >= 11 is 0. The van der Waals surface area contributed by atoms with Crippen molar-refractivity contribution in [3.63, 3.8) is 0 Å². The Bertz CT molecular complexity index is 374. The maximum atomic E-state index is 12.6. The maximum absolute atomic E-state index is 12.6. The zero-order valence-corrected chi connectivity index (χ0v) is 15.0. The van der Waals surface area contributed by atoms with Gasteiger partial charge in [0.15, 0.2) is 0 Å². The molecule has 1 aliphatic heterocycles. The molecule has 128 valence electrons. The average Bonchev–Trinajstić information content (AvgIpc) is 2.49. The first-order valence-corrected chi connectivity index (χ1v) is 9.33. The van der Waals surface area contributed by atoms with Crippen molar-refractivity contribution >= 4 is 5.91 Å². The fourth-order valence-electron chi connectivity index (χ4n) is 4.37. The lowest BCUT2D eigenvalue weighted by Crippen LogP contribution is -2.49. The number of hydrogen-bond acceptors (Lipinski definition) is 2. The van der Waals surface area contributed by atoms with Crippen LogP contribution in [0.5, 0.6) is 0 Å². The normalized spacial score (nSPS) is 36.0. The molecule has 0 bridgehead atoms. The minimum absolute atomic E-state index is 0.0444. The summed E-state index contributed by atoms with van der Waals surface area (Å²) in [5, 5.41) is 10.7. The van der Waals surface area contributed by atoms with Crippen LogP contribution in [0.1, 0.15) is 72.6 Å². The molecule has 0 aromatic carbocycles. The van der Waals surface area contributed by atoms with Crippen LogP contribution >= 0.6 is 0 Å². The lowest BCUT2D eigenvalue weighted by atomic mass is 9.68. The second-order valence-electron chi connectivity index (χ2n) is 8.33. The summed E-state index contributed by atoms with van der Waals surface area (Å²) in [7, 11) is 0. The minimum atomic E-state index is -1.18. The molecule has 5 atom stereocenters. The van der Waals surface area contributed by atoms with Gasteiger partial charge in [-0.25, -0.2) is 0 Å². The first-order chi connectivity index (χ1) is 10.3. The Morgan fingerprint density at radius 2 is 1.64 bits per heavy atom. The highest BCUT2D eigenvalue weighted by atomic mass is 16.3. The Labute approximate surface area is 136 Å². The fraction of sp³-hybridized carbons (Fsp3) is 0.947. The number of likely N-dealkylation sites (tertiary alicyclic amines) is 1. The van der Waals surface area contributed by atoms with E-state index in [1.165, 1.54) is 19.3 Å². The van der Waals surface area contributed by atoms with Crippen LogP contribution in [0, 0.1) is 23.7 Å². The van der Waals surface area contributed by atoms with Crippen LogP contribution < -0.4 is 0 Å². The highest BCUT2D eigenvalue weighted by Crippen LogP contribution is 2.40. The van der Waals surface area contributed by atoms with E-state index in [2.05, 4.69) is 20.8 Å². The van der Waals surface area contributed by atoms with Crippen LogP contribution in [-0.2, 0) is 4.79 Å². The second-order valence-corrected chi connectivity index (χ2v) is 8.33. The molecule has 22 heavy (non-hydrogen) atoms. The van der Waals surface area contributed by atoms with Crippen LogP contribution in [0.15, 0.2) is 0 Å². The van der Waals surface area contributed by atoms with Crippen molar-refractivity contribution in [1.29, 1.82) is 0 Å². The Hall–Kier alpha value is -0.570. The third-order valence-corrected chi connectivity index (χ3v) is 6.30. The van der Waals surface area contributed by atoms with Gasteiger partial charge in [-0.05, 0) is 75.5 Å². The summed E-state index contributed by atoms with van der Waals surface area (Å²) in [4.78, 5) is 14.4. The molecule has 2 aliphatic rings. The van der Waals surface area contributed by atoms with Crippen molar-refractivity contribution in [3.8, 4) is 0 Å². The van der Waals surface area contributed by atoms with E-state index in [4.69, 9.17) is 0 Å². The SMILES string of the molecule is CC1CC(C)C(CCC(C)(O)C(=O)N2CCCCC2)CC1C. The topological polar surface area (TPSA) is 40.5 Å². The summed E-state index contributed by atoms with van der Waals surface area (Å²) < 4.78 is 0. The number of nitrogens with zero attached hydrogens (tertiary/aromatic N) is 1.